The van der Waals surface area contributed by atoms with Gasteiger partial charge in [-0.3, -0.25) is 9.59 Å². The minimum Gasteiger partial charge on any atom is -0.469 e. The molecule has 2 aliphatic heterocycles. The highest BCUT2D eigenvalue weighted by atomic mass is 16.7. The van der Waals surface area contributed by atoms with E-state index in [1.807, 2.05) is 0 Å². The summed E-state index contributed by atoms with van der Waals surface area (Å²) in [4.78, 5) is 33.0. The molecular formula is C15H22N2O6. The number of hydrogen-bond acceptors (Lipinski definition) is 8. The molecule has 0 aromatic heterocycles. The Bertz CT molecular complexity index is 458. The standard InChI is InChI=1S/C15H22N2O6/c1-20-14(18)5-3-10-7-12(22-16-10)9-13-8-11(17-23-13)4-6-15(19)21-2/h12-13H,3-9H2,1-2H3. The van der Waals surface area contributed by atoms with E-state index < -0.39 is 0 Å². The Morgan fingerprint density at radius 2 is 1.39 bits per heavy atom. The smallest absolute Gasteiger partial charge is 0.305 e. The second-order valence-corrected chi connectivity index (χ2v) is 5.57. The lowest BCUT2D eigenvalue weighted by molar-refractivity contribution is -0.141. The van der Waals surface area contributed by atoms with Crippen molar-refractivity contribution in [3.8, 4) is 0 Å². The maximum absolute atomic E-state index is 11.1. The summed E-state index contributed by atoms with van der Waals surface area (Å²) in [6.07, 6.45) is 3.67. The molecule has 2 heterocycles. The minimum atomic E-state index is -0.251. The Balaban J connectivity index is 1.63. The summed E-state index contributed by atoms with van der Waals surface area (Å²) in [6, 6.07) is 0. The SMILES string of the molecule is COC(=O)CCC1=NOC(CC2CC(CCC(=O)OC)=NO2)C1. The van der Waals surface area contributed by atoms with Crippen LogP contribution >= 0.6 is 0 Å². The van der Waals surface area contributed by atoms with E-state index in [0.717, 1.165) is 11.4 Å². The van der Waals surface area contributed by atoms with Gasteiger partial charge < -0.3 is 19.1 Å². The van der Waals surface area contributed by atoms with Crippen molar-refractivity contribution in [1.82, 2.24) is 0 Å². The van der Waals surface area contributed by atoms with Gasteiger partial charge in [-0.2, -0.15) is 0 Å². The summed E-state index contributed by atoms with van der Waals surface area (Å²) in [6.45, 7) is 0. The Kier molecular flexibility index (Phi) is 6.37. The van der Waals surface area contributed by atoms with Crippen LogP contribution in [0.5, 0.6) is 0 Å². The van der Waals surface area contributed by atoms with Crippen LogP contribution in [-0.4, -0.2) is 49.8 Å². The molecule has 8 heteroatoms. The second-order valence-electron chi connectivity index (χ2n) is 5.57. The average Bonchev–Trinajstić information content (AvgIpc) is 3.20. The molecular weight excluding hydrogens is 304 g/mol. The van der Waals surface area contributed by atoms with Crippen molar-refractivity contribution >= 4 is 23.4 Å². The zero-order valence-corrected chi connectivity index (χ0v) is 13.4. The quantitative estimate of drug-likeness (QED) is 0.628. The van der Waals surface area contributed by atoms with E-state index in [9.17, 15) is 9.59 Å². The van der Waals surface area contributed by atoms with Crippen LogP contribution in [0, 0.1) is 0 Å². The van der Waals surface area contributed by atoms with Crippen LogP contribution in [0.3, 0.4) is 0 Å². The zero-order valence-electron chi connectivity index (χ0n) is 13.4. The van der Waals surface area contributed by atoms with E-state index in [-0.39, 0.29) is 24.1 Å². The number of nitrogens with zero attached hydrogens (tertiary/aromatic N) is 2. The summed E-state index contributed by atoms with van der Waals surface area (Å²) in [7, 11) is 2.74. The maximum Gasteiger partial charge on any atom is 0.305 e. The molecule has 2 atom stereocenters. The minimum absolute atomic E-state index is 0.0530. The largest absolute Gasteiger partial charge is 0.469 e. The highest BCUT2D eigenvalue weighted by molar-refractivity contribution is 5.89. The van der Waals surface area contributed by atoms with Gasteiger partial charge in [0.1, 0.15) is 12.2 Å². The molecule has 0 saturated carbocycles. The van der Waals surface area contributed by atoms with E-state index >= 15 is 0 Å². The predicted octanol–water partition coefficient (Wildman–Crippen LogP) is 1.57. The fraction of sp³-hybridized carbons (Fsp3) is 0.733. The van der Waals surface area contributed by atoms with Gasteiger partial charge in [0.05, 0.1) is 38.5 Å². The van der Waals surface area contributed by atoms with Crippen LogP contribution in [-0.2, 0) is 28.7 Å². The van der Waals surface area contributed by atoms with Gasteiger partial charge in [0.2, 0.25) is 0 Å². The summed E-state index contributed by atoms with van der Waals surface area (Å²) < 4.78 is 9.20. The van der Waals surface area contributed by atoms with Gasteiger partial charge in [-0.25, -0.2) is 0 Å². The third-order valence-electron chi connectivity index (χ3n) is 3.80. The van der Waals surface area contributed by atoms with Crippen LogP contribution in [0.2, 0.25) is 0 Å². The van der Waals surface area contributed by atoms with E-state index in [1.54, 1.807) is 0 Å². The monoisotopic (exact) mass is 326 g/mol. The van der Waals surface area contributed by atoms with Crippen molar-refractivity contribution in [2.45, 2.75) is 57.2 Å². The highest BCUT2D eigenvalue weighted by Gasteiger charge is 2.29. The number of methoxy groups -OCH3 is 2. The number of carbonyl (C=O) groups excluding carboxylic acids is 2. The Hall–Kier alpha value is -2.12. The van der Waals surface area contributed by atoms with Crippen molar-refractivity contribution in [1.29, 1.82) is 0 Å². The van der Waals surface area contributed by atoms with E-state index in [2.05, 4.69) is 19.8 Å². The third kappa shape index (κ3) is 5.54. The van der Waals surface area contributed by atoms with Crippen LogP contribution in [0.15, 0.2) is 10.3 Å². The molecule has 2 aliphatic rings. The molecule has 0 aromatic carbocycles. The Labute approximate surface area is 134 Å². The molecule has 0 saturated heterocycles. The van der Waals surface area contributed by atoms with Crippen molar-refractivity contribution in [3.05, 3.63) is 0 Å². The molecule has 8 nitrogen and oxygen atoms in total. The van der Waals surface area contributed by atoms with E-state index in [4.69, 9.17) is 9.68 Å². The summed E-state index contributed by atoms with van der Waals surface area (Å²) in [5, 5.41) is 8.02. The zero-order chi connectivity index (χ0) is 16.7. The lowest BCUT2D eigenvalue weighted by Gasteiger charge is -2.12. The molecule has 0 spiro atoms. The number of esters is 2. The third-order valence-corrected chi connectivity index (χ3v) is 3.80. The average molecular weight is 326 g/mol. The molecule has 0 aromatic rings. The van der Waals surface area contributed by atoms with Gasteiger partial charge in [0.15, 0.2) is 0 Å². The van der Waals surface area contributed by atoms with Crippen molar-refractivity contribution in [3.63, 3.8) is 0 Å². The molecule has 0 bridgehead atoms. The van der Waals surface area contributed by atoms with Crippen molar-refractivity contribution in [2.24, 2.45) is 10.3 Å². The molecule has 128 valence electrons. The molecule has 0 amide bonds. The first kappa shape index (κ1) is 17.2. The number of ether oxygens (including phenoxy) is 2. The number of oxime groups is 2. The van der Waals surface area contributed by atoms with Gasteiger partial charge in [-0.15, -0.1) is 0 Å². The molecule has 0 fully saturated rings. The lowest BCUT2D eigenvalue weighted by atomic mass is 10.00. The van der Waals surface area contributed by atoms with E-state index in [0.29, 0.717) is 44.9 Å². The number of hydrogen-bond donors (Lipinski definition) is 0. The Morgan fingerprint density at radius 3 is 1.78 bits per heavy atom. The maximum atomic E-state index is 11.1. The van der Waals surface area contributed by atoms with Gasteiger partial charge in [0.25, 0.3) is 0 Å². The first-order chi connectivity index (χ1) is 11.1. The molecule has 2 rings (SSSR count). The lowest BCUT2D eigenvalue weighted by Crippen LogP contribution is -2.19. The van der Waals surface area contributed by atoms with Gasteiger partial charge >= 0.3 is 11.9 Å². The fourth-order valence-corrected chi connectivity index (χ4v) is 2.51. The fourth-order valence-electron chi connectivity index (χ4n) is 2.51. The molecule has 0 aliphatic carbocycles. The first-order valence-electron chi connectivity index (χ1n) is 7.67. The normalized spacial score (nSPS) is 22.7. The molecule has 0 N–H and O–H groups in total. The number of rotatable bonds is 8. The second kappa shape index (κ2) is 8.50. The summed E-state index contributed by atoms with van der Waals surface area (Å²) in [5.74, 6) is -0.502. The molecule has 0 radical (unpaired) electrons. The molecule has 2 unspecified atom stereocenters. The van der Waals surface area contributed by atoms with Crippen LogP contribution < -0.4 is 0 Å². The number of carbonyl (C=O) groups is 2. The molecule has 23 heavy (non-hydrogen) atoms. The van der Waals surface area contributed by atoms with Crippen molar-refractivity contribution in [2.75, 3.05) is 14.2 Å². The predicted molar refractivity (Wildman–Crippen MR) is 81.0 cm³/mol. The Morgan fingerprint density at radius 1 is 0.957 bits per heavy atom. The van der Waals surface area contributed by atoms with Crippen LogP contribution in [0.25, 0.3) is 0 Å². The topological polar surface area (TPSA) is 95.8 Å². The van der Waals surface area contributed by atoms with Gasteiger partial charge in [0, 0.05) is 19.3 Å². The first-order valence-corrected chi connectivity index (χ1v) is 7.67. The van der Waals surface area contributed by atoms with Crippen LogP contribution in [0.4, 0.5) is 0 Å². The van der Waals surface area contributed by atoms with Crippen molar-refractivity contribution < 1.29 is 28.7 Å². The summed E-state index contributed by atoms with van der Waals surface area (Å²) >= 11 is 0. The highest BCUT2D eigenvalue weighted by Crippen LogP contribution is 2.24. The van der Waals surface area contributed by atoms with Crippen LogP contribution in [0.1, 0.15) is 44.9 Å². The summed E-state index contributed by atoms with van der Waals surface area (Å²) in [5.41, 5.74) is 1.73. The van der Waals surface area contributed by atoms with Gasteiger partial charge in [-0.1, -0.05) is 10.3 Å². The van der Waals surface area contributed by atoms with Gasteiger partial charge in [-0.05, 0) is 12.8 Å². The van der Waals surface area contributed by atoms with E-state index in [1.165, 1.54) is 14.2 Å².